The predicted molar refractivity (Wildman–Crippen MR) is 48.5 cm³/mol. The smallest absolute Gasteiger partial charge is 0.325 e. The molecule has 1 N–H and O–H groups in total. The topological polar surface area (TPSA) is 61.6 Å². The van der Waals surface area contributed by atoms with Gasteiger partial charge in [-0.2, -0.15) is 8.42 Å². The van der Waals surface area contributed by atoms with E-state index in [0.29, 0.717) is 0 Å². The van der Waals surface area contributed by atoms with Crippen LogP contribution in [0.25, 0.3) is 0 Å². The standard InChI is InChI=1S/C8H11NO3S/c1-2-9(10)13(11,12)8-6-4-3-5-7-8/h3-7,9H,2H2,1H3. The summed E-state index contributed by atoms with van der Waals surface area (Å²) in [4.78, 5) is 0.0712. The summed E-state index contributed by atoms with van der Waals surface area (Å²) in [6.07, 6.45) is 0. The van der Waals surface area contributed by atoms with Gasteiger partial charge < -0.3 is 5.21 Å². The van der Waals surface area contributed by atoms with Gasteiger partial charge in [-0.3, -0.25) is 4.47 Å². The Kier molecular flexibility index (Phi) is 3.02. The lowest BCUT2D eigenvalue weighted by Crippen LogP contribution is -3.08. The molecule has 0 radical (unpaired) electrons. The Balaban J connectivity index is 3.09. The van der Waals surface area contributed by atoms with E-state index in [-0.39, 0.29) is 11.4 Å². The van der Waals surface area contributed by atoms with Crippen LogP contribution in [0.4, 0.5) is 0 Å². The molecule has 5 heteroatoms. The molecule has 1 atom stereocenters. The highest BCUT2D eigenvalue weighted by Crippen LogP contribution is 2.03. The monoisotopic (exact) mass is 201 g/mol. The summed E-state index contributed by atoms with van der Waals surface area (Å²) >= 11 is 0. The van der Waals surface area contributed by atoms with Gasteiger partial charge in [0.15, 0.2) is 0 Å². The third-order valence-corrected chi connectivity index (χ3v) is 3.42. The lowest BCUT2D eigenvalue weighted by molar-refractivity contribution is -0.704. The zero-order valence-corrected chi connectivity index (χ0v) is 8.04. The van der Waals surface area contributed by atoms with Gasteiger partial charge in [-0.1, -0.05) is 18.2 Å². The fourth-order valence-corrected chi connectivity index (χ4v) is 2.08. The molecule has 1 rings (SSSR count). The van der Waals surface area contributed by atoms with Crippen LogP contribution in [-0.2, 0) is 10.0 Å². The summed E-state index contributed by atoms with van der Waals surface area (Å²) in [6.45, 7) is 1.54. The van der Waals surface area contributed by atoms with Gasteiger partial charge >= 0.3 is 10.0 Å². The van der Waals surface area contributed by atoms with Crippen LogP contribution in [0.2, 0.25) is 0 Å². The number of hydrogen-bond acceptors (Lipinski definition) is 3. The van der Waals surface area contributed by atoms with E-state index in [1.807, 2.05) is 0 Å². The first-order valence-corrected chi connectivity index (χ1v) is 5.40. The Morgan fingerprint density at radius 3 is 2.31 bits per heavy atom. The number of hydrogen-bond donors (Lipinski definition) is 1. The minimum Gasteiger partial charge on any atom is -0.618 e. The van der Waals surface area contributed by atoms with Crippen molar-refractivity contribution in [2.75, 3.05) is 6.54 Å². The molecule has 13 heavy (non-hydrogen) atoms. The van der Waals surface area contributed by atoms with Crippen molar-refractivity contribution in [3.05, 3.63) is 35.5 Å². The van der Waals surface area contributed by atoms with E-state index in [1.54, 1.807) is 18.2 Å². The van der Waals surface area contributed by atoms with Crippen LogP contribution in [0.1, 0.15) is 6.92 Å². The van der Waals surface area contributed by atoms with Gasteiger partial charge in [0.1, 0.15) is 4.90 Å². The summed E-state index contributed by atoms with van der Waals surface area (Å²) in [6, 6.07) is 7.73. The van der Waals surface area contributed by atoms with Crippen molar-refractivity contribution < 1.29 is 12.9 Å². The molecule has 0 saturated carbocycles. The molecular weight excluding hydrogens is 190 g/mol. The highest BCUT2D eigenvalue weighted by molar-refractivity contribution is 7.85. The highest BCUT2D eigenvalue weighted by atomic mass is 32.2. The maximum Gasteiger partial charge on any atom is 0.325 e. The molecule has 0 heterocycles. The van der Waals surface area contributed by atoms with Crippen LogP contribution in [0, 0.1) is 5.21 Å². The van der Waals surface area contributed by atoms with Crippen molar-refractivity contribution in [1.29, 1.82) is 0 Å². The summed E-state index contributed by atoms with van der Waals surface area (Å²) in [5, 5.41) is 11.0. The molecule has 0 aliphatic rings. The van der Waals surface area contributed by atoms with Crippen LogP contribution in [0.3, 0.4) is 0 Å². The molecule has 0 saturated heterocycles. The molecule has 0 aromatic heterocycles. The van der Waals surface area contributed by atoms with Crippen molar-refractivity contribution in [1.82, 2.24) is 0 Å². The van der Waals surface area contributed by atoms with Gasteiger partial charge in [-0.05, 0) is 19.1 Å². The van der Waals surface area contributed by atoms with E-state index < -0.39 is 14.5 Å². The van der Waals surface area contributed by atoms with Crippen LogP contribution in [0.5, 0.6) is 0 Å². The third-order valence-electron chi connectivity index (χ3n) is 1.64. The number of hydroxylamine groups is 1. The molecule has 0 bridgehead atoms. The average Bonchev–Trinajstić information content (AvgIpc) is 2.18. The van der Waals surface area contributed by atoms with Crippen LogP contribution in [-0.4, -0.2) is 15.0 Å². The van der Waals surface area contributed by atoms with Crippen molar-refractivity contribution >= 4 is 10.0 Å². The zero-order valence-electron chi connectivity index (χ0n) is 7.23. The largest absolute Gasteiger partial charge is 0.618 e. The van der Waals surface area contributed by atoms with E-state index in [4.69, 9.17) is 0 Å². The molecule has 1 aromatic carbocycles. The normalized spacial score (nSPS) is 14.0. The van der Waals surface area contributed by atoms with Gasteiger partial charge in [-0.15, -0.1) is 0 Å². The Bertz CT molecular complexity index is 360. The van der Waals surface area contributed by atoms with Crippen LogP contribution < -0.4 is 4.47 Å². The van der Waals surface area contributed by atoms with Crippen molar-refractivity contribution in [3.8, 4) is 0 Å². The molecule has 1 unspecified atom stereocenters. The van der Waals surface area contributed by atoms with Crippen LogP contribution in [0.15, 0.2) is 35.2 Å². The lowest BCUT2D eigenvalue weighted by Gasteiger charge is -2.19. The fraction of sp³-hybridized carbons (Fsp3) is 0.250. The van der Waals surface area contributed by atoms with E-state index in [1.165, 1.54) is 19.1 Å². The van der Waals surface area contributed by atoms with Gasteiger partial charge in [0, 0.05) is 0 Å². The molecule has 0 amide bonds. The van der Waals surface area contributed by atoms with E-state index in [9.17, 15) is 13.6 Å². The van der Waals surface area contributed by atoms with Crippen LogP contribution >= 0.6 is 0 Å². The van der Waals surface area contributed by atoms with E-state index >= 15 is 0 Å². The first-order valence-electron chi connectivity index (χ1n) is 3.92. The maximum absolute atomic E-state index is 11.4. The molecular formula is C8H11NO3S. The maximum atomic E-state index is 11.4. The first kappa shape index (κ1) is 10.2. The lowest BCUT2D eigenvalue weighted by atomic mass is 10.4. The third kappa shape index (κ3) is 2.06. The second kappa shape index (κ2) is 3.87. The summed E-state index contributed by atoms with van der Waals surface area (Å²) in [5.74, 6) is 0. The summed E-state index contributed by atoms with van der Waals surface area (Å²) in [5.41, 5.74) is 0. The van der Waals surface area contributed by atoms with E-state index in [2.05, 4.69) is 0 Å². The molecule has 4 nitrogen and oxygen atoms in total. The second-order valence-corrected chi connectivity index (χ2v) is 4.48. The van der Waals surface area contributed by atoms with Gasteiger partial charge in [0.05, 0.1) is 6.54 Å². The summed E-state index contributed by atoms with van der Waals surface area (Å²) < 4.78 is 22.1. The predicted octanol–water partition coefficient (Wildman–Crippen LogP) is -0.222. The molecule has 1 aromatic rings. The Morgan fingerprint density at radius 2 is 1.85 bits per heavy atom. The Labute approximate surface area is 77.4 Å². The van der Waals surface area contributed by atoms with Gasteiger partial charge in [0.25, 0.3) is 0 Å². The van der Waals surface area contributed by atoms with Crippen molar-refractivity contribution in [3.63, 3.8) is 0 Å². The second-order valence-electron chi connectivity index (χ2n) is 2.54. The first-order chi connectivity index (χ1) is 6.09. The minimum atomic E-state index is -3.73. The molecule has 0 aliphatic carbocycles. The summed E-state index contributed by atoms with van der Waals surface area (Å²) in [7, 11) is -3.73. The molecule has 72 valence electrons. The number of sulfonamides is 1. The molecule has 0 fully saturated rings. The van der Waals surface area contributed by atoms with Crippen molar-refractivity contribution in [2.24, 2.45) is 0 Å². The van der Waals surface area contributed by atoms with Gasteiger partial charge in [0.2, 0.25) is 0 Å². The Hall–Kier alpha value is -0.910. The number of rotatable bonds is 3. The number of nitrogens with one attached hydrogen (secondary N) is 1. The van der Waals surface area contributed by atoms with Gasteiger partial charge in [-0.25, -0.2) is 0 Å². The number of benzene rings is 1. The minimum absolute atomic E-state index is 0.0111. The molecule has 0 aliphatic heterocycles. The zero-order chi connectivity index (χ0) is 9.90. The number of quaternary nitrogens is 1. The highest BCUT2D eigenvalue weighted by Gasteiger charge is 2.19. The Morgan fingerprint density at radius 1 is 1.31 bits per heavy atom. The SMILES string of the molecule is CC[NH+]([O-])S(=O)(=O)c1ccccc1. The quantitative estimate of drug-likeness (QED) is 0.688. The average molecular weight is 201 g/mol. The molecule has 0 spiro atoms. The fourth-order valence-electron chi connectivity index (χ4n) is 0.921. The van der Waals surface area contributed by atoms with Crippen molar-refractivity contribution in [2.45, 2.75) is 11.8 Å². The van der Waals surface area contributed by atoms with E-state index in [0.717, 1.165) is 0 Å².